The van der Waals surface area contributed by atoms with E-state index in [-0.39, 0.29) is 0 Å². The predicted octanol–water partition coefficient (Wildman–Crippen LogP) is 4.97. The van der Waals surface area contributed by atoms with Crippen LogP contribution in [0.25, 0.3) is 31.9 Å². The van der Waals surface area contributed by atoms with E-state index in [0.717, 1.165) is 44.3 Å². The molecule has 0 bridgehead atoms. The lowest BCUT2D eigenvalue weighted by molar-refractivity contribution is 0.364. The van der Waals surface area contributed by atoms with Gasteiger partial charge in [0.15, 0.2) is 0 Å². The summed E-state index contributed by atoms with van der Waals surface area (Å²) >= 11 is 1.71. The molecule has 4 nitrogen and oxygen atoms in total. The van der Waals surface area contributed by atoms with Crippen LogP contribution in [0.2, 0.25) is 0 Å². The molecular formula is C21H17FN4S. The van der Waals surface area contributed by atoms with Gasteiger partial charge in [-0.2, -0.15) is 0 Å². The van der Waals surface area contributed by atoms with Crippen molar-refractivity contribution in [1.29, 1.82) is 0 Å². The Morgan fingerprint density at radius 2 is 2.04 bits per heavy atom. The van der Waals surface area contributed by atoms with Crippen LogP contribution in [0.1, 0.15) is 6.42 Å². The molecule has 0 N–H and O–H groups in total. The average Bonchev–Trinajstić information content (AvgIpc) is 3.34. The fraction of sp³-hybridized carbons (Fsp3) is 0.190. The summed E-state index contributed by atoms with van der Waals surface area (Å²) in [5.74, 6) is 0.828. The van der Waals surface area contributed by atoms with Crippen LogP contribution in [0.5, 0.6) is 0 Å². The summed E-state index contributed by atoms with van der Waals surface area (Å²) in [7, 11) is 0. The summed E-state index contributed by atoms with van der Waals surface area (Å²) in [6.07, 6.45) is 5.31. The third-order valence-electron chi connectivity index (χ3n) is 4.82. The molecule has 5 heterocycles. The van der Waals surface area contributed by atoms with Gasteiger partial charge in [-0.05, 0) is 42.8 Å². The van der Waals surface area contributed by atoms with Crippen LogP contribution < -0.4 is 4.90 Å². The molecule has 0 aliphatic carbocycles. The Morgan fingerprint density at radius 1 is 1.07 bits per heavy atom. The number of halogens is 1. The summed E-state index contributed by atoms with van der Waals surface area (Å²) in [4.78, 5) is 16.7. The first kappa shape index (κ1) is 16.3. The highest BCUT2D eigenvalue weighted by Crippen LogP contribution is 2.33. The van der Waals surface area contributed by atoms with E-state index in [4.69, 9.17) is 4.98 Å². The van der Waals surface area contributed by atoms with Crippen molar-refractivity contribution in [3.63, 3.8) is 0 Å². The first-order chi connectivity index (χ1) is 13.3. The minimum atomic E-state index is -0.747. The van der Waals surface area contributed by atoms with Gasteiger partial charge in [-0.25, -0.2) is 14.4 Å². The molecule has 27 heavy (non-hydrogen) atoms. The first-order valence-corrected chi connectivity index (χ1v) is 9.74. The molecule has 0 spiro atoms. The maximum absolute atomic E-state index is 13.4. The number of alkyl halides is 1. The second-order valence-electron chi connectivity index (χ2n) is 6.67. The fourth-order valence-electron chi connectivity index (χ4n) is 3.39. The summed E-state index contributed by atoms with van der Waals surface area (Å²) in [5, 5.41) is 0. The van der Waals surface area contributed by atoms with E-state index in [1.54, 1.807) is 17.5 Å². The Balaban J connectivity index is 1.44. The van der Waals surface area contributed by atoms with Crippen LogP contribution in [-0.4, -0.2) is 34.2 Å². The largest absolute Gasteiger partial charge is 0.354 e. The lowest BCUT2D eigenvalue weighted by Crippen LogP contribution is -2.20. The molecule has 1 aliphatic rings. The molecule has 1 fully saturated rings. The maximum Gasteiger partial charge on any atom is 0.128 e. The molecule has 0 saturated carbocycles. The standard InChI is InChI=1S/C21H17FN4S/c22-16-7-9-26(13-16)21-6-3-14(12-24-21)17-4-5-19-18(25-17)10-20(27-19)15-2-1-8-23-11-15/h1-6,8,10-12,16H,7,9,13H2/t16-/m1/s1. The Hall–Kier alpha value is -2.86. The summed E-state index contributed by atoms with van der Waals surface area (Å²) in [5.41, 5.74) is 3.93. The molecule has 4 aromatic heterocycles. The van der Waals surface area contributed by atoms with E-state index in [0.29, 0.717) is 13.0 Å². The van der Waals surface area contributed by atoms with Crippen LogP contribution in [0.3, 0.4) is 0 Å². The highest BCUT2D eigenvalue weighted by molar-refractivity contribution is 7.22. The minimum Gasteiger partial charge on any atom is -0.354 e. The zero-order chi connectivity index (χ0) is 18.2. The number of hydrogen-bond donors (Lipinski definition) is 0. The van der Waals surface area contributed by atoms with Gasteiger partial charge in [-0.1, -0.05) is 6.07 Å². The second kappa shape index (κ2) is 6.70. The van der Waals surface area contributed by atoms with Crippen LogP contribution in [0, 0.1) is 0 Å². The summed E-state index contributed by atoms with van der Waals surface area (Å²) in [6, 6.07) is 14.2. The van der Waals surface area contributed by atoms with Crippen molar-refractivity contribution < 1.29 is 4.39 Å². The van der Waals surface area contributed by atoms with Crippen molar-refractivity contribution in [1.82, 2.24) is 15.0 Å². The molecule has 1 atom stereocenters. The van der Waals surface area contributed by atoms with Crippen molar-refractivity contribution in [2.45, 2.75) is 12.6 Å². The van der Waals surface area contributed by atoms with Gasteiger partial charge in [-0.3, -0.25) is 4.98 Å². The third-order valence-corrected chi connectivity index (χ3v) is 5.96. The molecule has 4 aromatic rings. The SMILES string of the molecule is F[C@@H]1CCN(c2ccc(-c3ccc4sc(-c5cccnc5)cc4n3)cn2)C1. The van der Waals surface area contributed by atoms with Gasteiger partial charge in [-0.15, -0.1) is 11.3 Å². The summed E-state index contributed by atoms with van der Waals surface area (Å²) in [6.45, 7) is 1.16. The number of nitrogens with zero attached hydrogens (tertiary/aromatic N) is 4. The monoisotopic (exact) mass is 376 g/mol. The molecule has 1 saturated heterocycles. The van der Waals surface area contributed by atoms with E-state index in [1.807, 2.05) is 41.6 Å². The number of aromatic nitrogens is 3. The molecule has 0 aromatic carbocycles. The van der Waals surface area contributed by atoms with Gasteiger partial charge in [0.2, 0.25) is 0 Å². The van der Waals surface area contributed by atoms with Gasteiger partial charge in [0, 0.05) is 41.1 Å². The van der Waals surface area contributed by atoms with Gasteiger partial charge < -0.3 is 4.90 Å². The molecule has 6 heteroatoms. The molecule has 1 aliphatic heterocycles. The van der Waals surface area contributed by atoms with Crippen LogP contribution in [0.4, 0.5) is 10.2 Å². The van der Waals surface area contributed by atoms with E-state index >= 15 is 0 Å². The number of fused-ring (bicyclic) bond motifs is 1. The predicted molar refractivity (Wildman–Crippen MR) is 108 cm³/mol. The van der Waals surface area contributed by atoms with Crippen molar-refractivity contribution >= 4 is 27.4 Å². The van der Waals surface area contributed by atoms with Crippen molar-refractivity contribution in [2.24, 2.45) is 0 Å². The molecule has 0 radical (unpaired) electrons. The van der Waals surface area contributed by atoms with Crippen LogP contribution >= 0.6 is 11.3 Å². The highest BCUT2D eigenvalue weighted by atomic mass is 32.1. The number of rotatable bonds is 3. The van der Waals surface area contributed by atoms with E-state index in [9.17, 15) is 4.39 Å². The maximum atomic E-state index is 13.4. The van der Waals surface area contributed by atoms with Gasteiger partial charge >= 0.3 is 0 Å². The lowest BCUT2D eigenvalue weighted by atomic mass is 10.2. The second-order valence-corrected chi connectivity index (χ2v) is 7.75. The van der Waals surface area contributed by atoms with E-state index in [2.05, 4.69) is 28.2 Å². The Kier molecular flexibility index (Phi) is 4.05. The van der Waals surface area contributed by atoms with Gasteiger partial charge in [0.25, 0.3) is 0 Å². The molecule has 5 rings (SSSR count). The van der Waals surface area contributed by atoms with E-state index < -0.39 is 6.17 Å². The number of anilines is 1. The summed E-state index contributed by atoms with van der Waals surface area (Å²) < 4.78 is 14.5. The number of pyridine rings is 3. The quantitative estimate of drug-likeness (QED) is 0.506. The molecule has 0 unspecified atom stereocenters. The Bertz CT molecular complexity index is 1080. The van der Waals surface area contributed by atoms with Crippen LogP contribution in [-0.2, 0) is 0 Å². The van der Waals surface area contributed by atoms with E-state index in [1.165, 1.54) is 0 Å². The average molecular weight is 376 g/mol. The first-order valence-electron chi connectivity index (χ1n) is 8.93. The Morgan fingerprint density at radius 3 is 2.78 bits per heavy atom. The minimum absolute atomic E-state index is 0.433. The zero-order valence-electron chi connectivity index (χ0n) is 14.5. The fourth-order valence-corrected chi connectivity index (χ4v) is 4.38. The molecule has 134 valence electrons. The molecular weight excluding hydrogens is 359 g/mol. The van der Waals surface area contributed by atoms with Crippen molar-refractivity contribution in [3.8, 4) is 21.7 Å². The van der Waals surface area contributed by atoms with Gasteiger partial charge in [0.1, 0.15) is 12.0 Å². The van der Waals surface area contributed by atoms with Crippen molar-refractivity contribution in [3.05, 3.63) is 61.1 Å². The lowest BCUT2D eigenvalue weighted by Gasteiger charge is -2.16. The third kappa shape index (κ3) is 3.17. The zero-order valence-corrected chi connectivity index (χ0v) is 15.4. The van der Waals surface area contributed by atoms with Crippen molar-refractivity contribution in [2.75, 3.05) is 18.0 Å². The Labute approximate surface area is 160 Å². The van der Waals surface area contributed by atoms with Crippen LogP contribution in [0.15, 0.2) is 61.1 Å². The highest BCUT2D eigenvalue weighted by Gasteiger charge is 2.22. The number of thiophene rings is 1. The normalized spacial score (nSPS) is 16.9. The van der Waals surface area contributed by atoms with Gasteiger partial charge in [0.05, 0.1) is 22.5 Å². The topological polar surface area (TPSA) is 41.9 Å². The number of hydrogen-bond acceptors (Lipinski definition) is 5. The smallest absolute Gasteiger partial charge is 0.128 e. The molecule has 0 amide bonds.